The Morgan fingerprint density at radius 3 is 3.00 bits per heavy atom. The van der Waals surface area contributed by atoms with Crippen molar-refractivity contribution in [1.82, 2.24) is 10.3 Å². The molecule has 2 aromatic rings. The molecule has 1 saturated heterocycles. The molecule has 0 radical (unpaired) electrons. The predicted molar refractivity (Wildman–Crippen MR) is 90.6 cm³/mol. The number of fused-ring (bicyclic) bond motifs is 1. The third-order valence-corrected chi connectivity index (χ3v) is 4.98. The third kappa shape index (κ3) is 2.92. The van der Waals surface area contributed by atoms with Crippen LogP contribution in [0.1, 0.15) is 31.4 Å². The zero-order chi connectivity index (χ0) is 15.5. The molecule has 2 N–H and O–H groups in total. The molecule has 2 heterocycles. The number of nitrogens with one attached hydrogen (secondary N) is 1. The van der Waals surface area contributed by atoms with Crippen molar-refractivity contribution in [2.75, 3.05) is 6.54 Å². The van der Waals surface area contributed by atoms with Crippen LogP contribution in [0.25, 0.3) is 10.9 Å². The summed E-state index contributed by atoms with van der Waals surface area (Å²) in [6.45, 7) is 7.08. The fraction of sp³-hybridized carbons (Fsp3) is 0.421. The van der Waals surface area contributed by atoms with Crippen LogP contribution in [0.3, 0.4) is 0 Å². The van der Waals surface area contributed by atoms with Gasteiger partial charge in [-0.05, 0) is 48.9 Å². The van der Waals surface area contributed by atoms with Gasteiger partial charge in [0.15, 0.2) is 0 Å². The van der Waals surface area contributed by atoms with E-state index in [2.05, 4.69) is 23.8 Å². The minimum atomic E-state index is -0.507. The van der Waals surface area contributed by atoms with E-state index in [0.717, 1.165) is 35.9 Å². The highest BCUT2D eigenvalue weighted by Gasteiger charge is 2.30. The highest BCUT2D eigenvalue weighted by Crippen LogP contribution is 2.32. The minimum Gasteiger partial charge on any atom is -0.387 e. The Kier molecular flexibility index (Phi) is 4.55. The predicted octanol–water partition coefficient (Wildman–Crippen LogP) is 3.46. The Hall–Kier alpha value is -1.71. The quantitative estimate of drug-likeness (QED) is 0.849. The van der Waals surface area contributed by atoms with Gasteiger partial charge in [0.2, 0.25) is 0 Å². The zero-order valence-electron chi connectivity index (χ0n) is 13.1. The lowest BCUT2D eigenvalue weighted by Crippen LogP contribution is -2.43. The van der Waals surface area contributed by atoms with E-state index in [1.807, 2.05) is 36.4 Å². The molecule has 3 heteroatoms. The molecule has 1 aliphatic heterocycles. The number of nitrogens with zero attached hydrogens (tertiary/aromatic N) is 1. The molecular formula is C19H24N2O. The van der Waals surface area contributed by atoms with Crippen LogP contribution in [-0.2, 0) is 0 Å². The number of piperidine rings is 1. The van der Waals surface area contributed by atoms with Crippen molar-refractivity contribution in [3.8, 4) is 0 Å². The summed E-state index contributed by atoms with van der Waals surface area (Å²) in [6.07, 6.45) is 5.43. The number of hydrogen-bond acceptors (Lipinski definition) is 3. The van der Waals surface area contributed by atoms with E-state index >= 15 is 0 Å². The Morgan fingerprint density at radius 2 is 2.18 bits per heavy atom. The van der Waals surface area contributed by atoms with Crippen LogP contribution in [0.4, 0.5) is 0 Å². The molecular weight excluding hydrogens is 272 g/mol. The minimum absolute atomic E-state index is 0.0898. The first-order valence-electron chi connectivity index (χ1n) is 8.08. The summed E-state index contributed by atoms with van der Waals surface area (Å²) in [7, 11) is 0. The van der Waals surface area contributed by atoms with Gasteiger partial charge < -0.3 is 10.4 Å². The summed E-state index contributed by atoms with van der Waals surface area (Å²) in [6, 6.07) is 10.0. The Balaban J connectivity index is 1.86. The highest BCUT2D eigenvalue weighted by molar-refractivity contribution is 5.82. The summed E-state index contributed by atoms with van der Waals surface area (Å²) in [5.41, 5.74) is 1.90. The number of benzene rings is 1. The summed E-state index contributed by atoms with van der Waals surface area (Å²) < 4.78 is 0. The monoisotopic (exact) mass is 296 g/mol. The van der Waals surface area contributed by atoms with Crippen LogP contribution < -0.4 is 5.32 Å². The summed E-state index contributed by atoms with van der Waals surface area (Å²) in [5, 5.41) is 15.4. The number of hydrogen-bond donors (Lipinski definition) is 2. The molecule has 3 rings (SSSR count). The molecule has 0 saturated carbocycles. The molecule has 3 nitrogen and oxygen atoms in total. The van der Waals surface area contributed by atoms with Gasteiger partial charge in [-0.15, -0.1) is 6.58 Å². The van der Waals surface area contributed by atoms with Gasteiger partial charge in [-0.1, -0.05) is 31.2 Å². The average molecular weight is 296 g/mol. The van der Waals surface area contributed by atoms with Gasteiger partial charge in [0.1, 0.15) is 0 Å². The molecule has 0 bridgehead atoms. The van der Waals surface area contributed by atoms with Crippen molar-refractivity contribution >= 4 is 10.9 Å². The lowest BCUT2D eigenvalue weighted by molar-refractivity contribution is 0.0932. The van der Waals surface area contributed by atoms with E-state index in [1.54, 1.807) is 6.20 Å². The smallest absolute Gasteiger partial charge is 0.0950 e. The van der Waals surface area contributed by atoms with E-state index in [4.69, 9.17) is 0 Å². The maximum atomic E-state index is 10.9. The van der Waals surface area contributed by atoms with Crippen molar-refractivity contribution in [2.24, 2.45) is 11.8 Å². The normalized spacial score (nSPS) is 24.8. The molecule has 1 fully saturated rings. The molecule has 0 amide bonds. The van der Waals surface area contributed by atoms with Gasteiger partial charge >= 0.3 is 0 Å². The zero-order valence-corrected chi connectivity index (χ0v) is 13.1. The first kappa shape index (κ1) is 15.2. The van der Waals surface area contributed by atoms with Crippen molar-refractivity contribution in [3.63, 3.8) is 0 Å². The fourth-order valence-corrected chi connectivity index (χ4v) is 3.48. The summed E-state index contributed by atoms with van der Waals surface area (Å²) >= 11 is 0. The number of aliphatic hydroxyl groups excluding tert-OH is 1. The number of rotatable bonds is 4. The van der Waals surface area contributed by atoms with Crippen molar-refractivity contribution < 1.29 is 5.11 Å². The van der Waals surface area contributed by atoms with Crippen LogP contribution in [0.5, 0.6) is 0 Å². The molecule has 22 heavy (non-hydrogen) atoms. The van der Waals surface area contributed by atoms with Crippen LogP contribution in [-0.4, -0.2) is 22.7 Å². The highest BCUT2D eigenvalue weighted by atomic mass is 16.3. The Bertz CT molecular complexity index is 649. The number of para-hydroxylation sites is 1. The van der Waals surface area contributed by atoms with Crippen LogP contribution in [0.15, 0.2) is 49.2 Å². The lowest BCUT2D eigenvalue weighted by Gasteiger charge is -2.35. The van der Waals surface area contributed by atoms with E-state index < -0.39 is 6.10 Å². The largest absolute Gasteiger partial charge is 0.387 e. The maximum Gasteiger partial charge on any atom is 0.0950 e. The molecule has 1 aromatic carbocycles. The van der Waals surface area contributed by atoms with Gasteiger partial charge in [0, 0.05) is 17.6 Å². The van der Waals surface area contributed by atoms with Gasteiger partial charge in [-0.25, -0.2) is 0 Å². The van der Waals surface area contributed by atoms with Crippen molar-refractivity contribution in [3.05, 3.63) is 54.7 Å². The number of aromatic nitrogens is 1. The van der Waals surface area contributed by atoms with E-state index in [0.29, 0.717) is 11.8 Å². The summed E-state index contributed by atoms with van der Waals surface area (Å²) in [5.74, 6) is 1.08. The molecule has 116 valence electrons. The topological polar surface area (TPSA) is 45.1 Å². The maximum absolute atomic E-state index is 10.9. The van der Waals surface area contributed by atoms with E-state index in [-0.39, 0.29) is 6.04 Å². The third-order valence-electron chi connectivity index (χ3n) is 4.98. The van der Waals surface area contributed by atoms with Crippen molar-refractivity contribution in [2.45, 2.75) is 31.9 Å². The first-order valence-corrected chi connectivity index (χ1v) is 8.08. The number of allylic oxidation sites excluding steroid dienone is 1. The molecule has 1 aliphatic rings. The van der Waals surface area contributed by atoms with Gasteiger partial charge in [0.25, 0.3) is 0 Å². The van der Waals surface area contributed by atoms with E-state index in [1.165, 1.54) is 0 Å². The molecule has 0 spiro atoms. The second-order valence-corrected chi connectivity index (χ2v) is 6.30. The second-order valence-electron chi connectivity index (χ2n) is 6.30. The summed E-state index contributed by atoms with van der Waals surface area (Å²) in [4.78, 5) is 4.38. The molecule has 0 aliphatic carbocycles. The fourth-order valence-electron chi connectivity index (χ4n) is 3.48. The Labute approximate surface area is 132 Å². The number of aliphatic hydroxyl groups is 1. The van der Waals surface area contributed by atoms with Gasteiger partial charge in [-0.2, -0.15) is 0 Å². The van der Waals surface area contributed by atoms with Crippen LogP contribution >= 0.6 is 0 Å². The molecule has 4 atom stereocenters. The first-order chi connectivity index (χ1) is 10.7. The second kappa shape index (κ2) is 6.59. The van der Waals surface area contributed by atoms with Crippen molar-refractivity contribution in [1.29, 1.82) is 0 Å². The molecule has 1 aromatic heterocycles. The van der Waals surface area contributed by atoms with E-state index in [9.17, 15) is 5.11 Å². The Morgan fingerprint density at radius 1 is 1.36 bits per heavy atom. The van der Waals surface area contributed by atoms with Crippen LogP contribution in [0.2, 0.25) is 0 Å². The standard InChI is InChI=1S/C19H24N2O/c1-3-13(2)14-8-10-21-18(12-14)19(22)16-9-11-20-17-7-5-4-6-15(16)17/h3-7,9,11,13-14,18-19,21-22H,1,8,10,12H2,2H3/t13-,14?,18?,19+/m1/s1. The van der Waals surface area contributed by atoms with Crippen LogP contribution in [0, 0.1) is 11.8 Å². The van der Waals surface area contributed by atoms with Gasteiger partial charge in [0.05, 0.1) is 11.6 Å². The van der Waals surface area contributed by atoms with Gasteiger partial charge in [-0.3, -0.25) is 4.98 Å². The lowest BCUT2D eigenvalue weighted by atomic mass is 9.80. The molecule has 2 unspecified atom stereocenters. The average Bonchev–Trinajstić information content (AvgIpc) is 2.60. The SMILES string of the molecule is C=C[C@@H](C)C1CCNC([C@@H](O)c2ccnc3ccccc23)C1. The number of pyridine rings is 1.